The molecule has 1 aromatic carbocycles. The zero-order valence-electron chi connectivity index (χ0n) is 13.8. The quantitative estimate of drug-likeness (QED) is 0.537. The number of aromatic amines is 1. The first-order valence-corrected chi connectivity index (χ1v) is 7.65. The van der Waals surface area contributed by atoms with Crippen molar-refractivity contribution in [2.75, 3.05) is 21.3 Å². The normalized spacial score (nSPS) is 11.0. The number of benzene rings is 1. The van der Waals surface area contributed by atoms with Crippen molar-refractivity contribution in [3.05, 3.63) is 40.9 Å². The third-order valence-electron chi connectivity index (χ3n) is 3.44. The average molecular weight is 360 g/mol. The summed E-state index contributed by atoms with van der Waals surface area (Å²) in [5.74, 6) is 2.55. The first-order valence-electron chi connectivity index (χ1n) is 7.24. The highest BCUT2D eigenvalue weighted by Crippen LogP contribution is 2.39. The molecule has 9 heteroatoms. The molecular formula is C16H16N4O4S. The SMILES string of the molecule is COc1ccc(/C=N\n2c(-c3ccco3)n[nH]c2=S)c(OC)c1OC. The number of rotatable bonds is 6. The molecule has 0 unspecified atom stereocenters. The van der Waals surface area contributed by atoms with Crippen LogP contribution in [0.15, 0.2) is 40.0 Å². The van der Waals surface area contributed by atoms with E-state index in [1.807, 2.05) is 0 Å². The van der Waals surface area contributed by atoms with E-state index in [-0.39, 0.29) is 0 Å². The molecule has 1 N–H and O–H groups in total. The fourth-order valence-corrected chi connectivity index (χ4v) is 2.49. The molecule has 0 saturated heterocycles. The smallest absolute Gasteiger partial charge is 0.219 e. The van der Waals surface area contributed by atoms with Crippen molar-refractivity contribution in [1.82, 2.24) is 14.9 Å². The van der Waals surface area contributed by atoms with Gasteiger partial charge in [-0.15, -0.1) is 5.10 Å². The van der Waals surface area contributed by atoms with Crippen molar-refractivity contribution in [1.29, 1.82) is 0 Å². The van der Waals surface area contributed by atoms with Crippen LogP contribution in [0.2, 0.25) is 0 Å². The van der Waals surface area contributed by atoms with Gasteiger partial charge in [0.25, 0.3) is 0 Å². The lowest BCUT2D eigenvalue weighted by atomic mass is 10.2. The number of furan rings is 1. The van der Waals surface area contributed by atoms with Gasteiger partial charge in [-0.25, -0.2) is 5.10 Å². The minimum Gasteiger partial charge on any atom is -0.493 e. The average Bonchev–Trinajstić information content (AvgIpc) is 3.28. The van der Waals surface area contributed by atoms with Crippen LogP contribution in [0, 0.1) is 4.77 Å². The Kier molecular flexibility index (Phi) is 4.85. The standard InChI is InChI=1S/C16H16N4O4S/c1-21-11-7-6-10(13(22-2)14(11)23-3)9-17-20-15(18-19-16(20)25)12-5-4-8-24-12/h4-9H,1-3H3,(H,19,25)/b17-9-. The van der Waals surface area contributed by atoms with Crippen molar-refractivity contribution in [3.8, 4) is 28.8 Å². The van der Waals surface area contributed by atoms with Crippen molar-refractivity contribution in [3.63, 3.8) is 0 Å². The van der Waals surface area contributed by atoms with Gasteiger partial charge >= 0.3 is 0 Å². The summed E-state index contributed by atoms with van der Waals surface area (Å²) in [4.78, 5) is 0. The van der Waals surface area contributed by atoms with Gasteiger partial charge in [-0.1, -0.05) is 0 Å². The molecule has 0 bridgehead atoms. The molecule has 0 aliphatic heterocycles. The fourth-order valence-electron chi connectivity index (χ4n) is 2.31. The largest absolute Gasteiger partial charge is 0.493 e. The summed E-state index contributed by atoms with van der Waals surface area (Å²) in [6, 6.07) is 7.11. The van der Waals surface area contributed by atoms with E-state index in [4.69, 9.17) is 30.8 Å². The number of nitrogens with zero attached hydrogens (tertiary/aromatic N) is 3. The van der Waals surface area contributed by atoms with Crippen LogP contribution in [-0.4, -0.2) is 42.4 Å². The number of methoxy groups -OCH3 is 3. The summed E-state index contributed by atoms with van der Waals surface area (Å²) in [6.45, 7) is 0. The number of H-pyrrole nitrogens is 1. The molecule has 2 aromatic heterocycles. The van der Waals surface area contributed by atoms with E-state index in [9.17, 15) is 0 Å². The summed E-state index contributed by atoms with van der Waals surface area (Å²) in [7, 11) is 4.65. The van der Waals surface area contributed by atoms with Gasteiger partial charge in [-0.3, -0.25) is 0 Å². The van der Waals surface area contributed by atoms with E-state index in [1.54, 1.807) is 58.1 Å². The lowest BCUT2D eigenvalue weighted by Crippen LogP contribution is -2.00. The van der Waals surface area contributed by atoms with Gasteiger partial charge in [0, 0.05) is 5.56 Å². The van der Waals surface area contributed by atoms with Crippen molar-refractivity contribution in [2.24, 2.45) is 5.10 Å². The van der Waals surface area contributed by atoms with E-state index in [0.29, 0.717) is 39.2 Å². The number of ether oxygens (including phenoxy) is 3. The minimum absolute atomic E-state index is 0.335. The number of nitrogens with one attached hydrogen (secondary N) is 1. The Morgan fingerprint density at radius 2 is 1.96 bits per heavy atom. The van der Waals surface area contributed by atoms with Crippen LogP contribution in [0.25, 0.3) is 11.6 Å². The summed E-state index contributed by atoms with van der Waals surface area (Å²) >= 11 is 5.23. The number of aromatic nitrogens is 3. The van der Waals surface area contributed by atoms with Crippen molar-refractivity contribution >= 4 is 18.4 Å². The predicted octanol–water partition coefficient (Wildman–Crippen LogP) is 3.11. The molecule has 25 heavy (non-hydrogen) atoms. The van der Waals surface area contributed by atoms with Gasteiger partial charge in [0.15, 0.2) is 17.3 Å². The maximum absolute atomic E-state index is 5.44. The van der Waals surface area contributed by atoms with Crippen LogP contribution in [-0.2, 0) is 0 Å². The fraction of sp³-hybridized carbons (Fsp3) is 0.188. The molecule has 0 saturated carbocycles. The Labute approximate surface area is 148 Å². The Balaban J connectivity index is 2.04. The van der Waals surface area contributed by atoms with E-state index in [1.165, 1.54) is 4.68 Å². The van der Waals surface area contributed by atoms with Crippen LogP contribution in [0.3, 0.4) is 0 Å². The third-order valence-corrected chi connectivity index (χ3v) is 3.70. The molecule has 0 amide bonds. The summed E-state index contributed by atoms with van der Waals surface area (Å²) in [5.41, 5.74) is 0.689. The molecule has 8 nitrogen and oxygen atoms in total. The molecule has 130 valence electrons. The Morgan fingerprint density at radius 3 is 2.60 bits per heavy atom. The van der Waals surface area contributed by atoms with Crippen LogP contribution in [0.1, 0.15) is 5.56 Å². The summed E-state index contributed by atoms with van der Waals surface area (Å²) < 4.78 is 23.2. The lowest BCUT2D eigenvalue weighted by molar-refractivity contribution is 0.324. The summed E-state index contributed by atoms with van der Waals surface area (Å²) in [5, 5.41) is 11.2. The third kappa shape index (κ3) is 3.13. The molecule has 0 spiro atoms. The van der Waals surface area contributed by atoms with Gasteiger partial charge in [0.2, 0.25) is 16.3 Å². The topological polar surface area (TPSA) is 86.8 Å². The zero-order valence-corrected chi connectivity index (χ0v) is 14.7. The Morgan fingerprint density at radius 1 is 1.16 bits per heavy atom. The van der Waals surface area contributed by atoms with Gasteiger partial charge in [0.1, 0.15) is 0 Å². The second-order valence-corrected chi connectivity index (χ2v) is 5.20. The molecule has 0 aliphatic carbocycles. The van der Waals surface area contributed by atoms with Gasteiger partial charge in [-0.05, 0) is 36.5 Å². The molecule has 0 fully saturated rings. The molecule has 0 aliphatic rings. The number of hydrogen-bond acceptors (Lipinski definition) is 7. The maximum Gasteiger partial charge on any atom is 0.219 e. The Hall–Kier alpha value is -3.07. The van der Waals surface area contributed by atoms with E-state index >= 15 is 0 Å². The summed E-state index contributed by atoms with van der Waals surface area (Å²) in [6.07, 6.45) is 3.15. The molecule has 3 rings (SSSR count). The highest BCUT2D eigenvalue weighted by Gasteiger charge is 2.15. The maximum atomic E-state index is 5.44. The van der Waals surface area contributed by atoms with Crippen LogP contribution >= 0.6 is 12.2 Å². The van der Waals surface area contributed by atoms with E-state index in [2.05, 4.69) is 15.3 Å². The van der Waals surface area contributed by atoms with E-state index in [0.717, 1.165) is 0 Å². The second-order valence-electron chi connectivity index (χ2n) is 4.81. The lowest BCUT2D eigenvalue weighted by Gasteiger charge is -2.13. The van der Waals surface area contributed by atoms with E-state index < -0.39 is 0 Å². The zero-order chi connectivity index (χ0) is 17.8. The molecule has 0 atom stereocenters. The molecule has 3 aromatic rings. The van der Waals surface area contributed by atoms with Crippen LogP contribution in [0.5, 0.6) is 17.2 Å². The van der Waals surface area contributed by atoms with Gasteiger partial charge in [0.05, 0.1) is 33.8 Å². The highest BCUT2D eigenvalue weighted by atomic mass is 32.1. The number of hydrogen-bond donors (Lipinski definition) is 1. The highest BCUT2D eigenvalue weighted by molar-refractivity contribution is 7.71. The molecule has 2 heterocycles. The second kappa shape index (κ2) is 7.22. The monoisotopic (exact) mass is 360 g/mol. The minimum atomic E-state index is 0.335. The molecular weight excluding hydrogens is 344 g/mol. The predicted molar refractivity (Wildman–Crippen MR) is 94.2 cm³/mol. The first-order chi connectivity index (χ1) is 12.2. The first kappa shape index (κ1) is 16.8. The Bertz CT molecular complexity index is 944. The van der Waals surface area contributed by atoms with Crippen molar-refractivity contribution < 1.29 is 18.6 Å². The van der Waals surface area contributed by atoms with Crippen molar-refractivity contribution in [2.45, 2.75) is 0 Å². The molecule has 0 radical (unpaired) electrons. The van der Waals surface area contributed by atoms with Gasteiger partial charge < -0.3 is 18.6 Å². The van der Waals surface area contributed by atoms with Crippen LogP contribution < -0.4 is 14.2 Å². The van der Waals surface area contributed by atoms with Gasteiger partial charge in [-0.2, -0.15) is 9.78 Å². The van der Waals surface area contributed by atoms with Crippen LogP contribution in [0.4, 0.5) is 0 Å².